The van der Waals surface area contributed by atoms with Crippen molar-refractivity contribution in [3.63, 3.8) is 0 Å². The van der Waals surface area contributed by atoms with Crippen LogP contribution >= 0.6 is 0 Å². The molecule has 2 amide bonds. The zero-order valence-corrected chi connectivity index (χ0v) is 24.4. The molecule has 3 aromatic carbocycles. The average molecular weight is 587 g/mol. The van der Waals surface area contributed by atoms with Gasteiger partial charge in [-0.05, 0) is 48.2 Å². The summed E-state index contributed by atoms with van der Waals surface area (Å²) in [6.45, 7) is 6.58. The van der Waals surface area contributed by atoms with Gasteiger partial charge in [-0.15, -0.1) is 0 Å². The van der Waals surface area contributed by atoms with Gasteiger partial charge in [0, 0.05) is 6.42 Å². The van der Waals surface area contributed by atoms with Crippen LogP contribution in [0.3, 0.4) is 0 Å². The van der Waals surface area contributed by atoms with Crippen LogP contribution in [0.5, 0.6) is 5.75 Å². The van der Waals surface area contributed by atoms with E-state index in [1.807, 2.05) is 12.1 Å². The first-order valence-corrected chi connectivity index (χ1v) is 13.7. The second kappa shape index (κ2) is 13.7. The Labute approximate surface area is 250 Å². The van der Waals surface area contributed by atoms with Crippen LogP contribution in [0.1, 0.15) is 37.0 Å². The molecule has 1 aliphatic heterocycles. The maximum Gasteiger partial charge on any atom is 0.430 e. The van der Waals surface area contributed by atoms with Gasteiger partial charge in [0.2, 0.25) is 5.54 Å². The summed E-state index contributed by atoms with van der Waals surface area (Å²) < 4.78 is 21.8. The van der Waals surface area contributed by atoms with E-state index >= 15 is 0 Å². The largest absolute Gasteiger partial charge is 0.497 e. The Hall–Kier alpha value is -5.12. The normalized spacial score (nSPS) is 17.6. The van der Waals surface area contributed by atoms with Gasteiger partial charge in [0.05, 0.1) is 19.8 Å². The van der Waals surface area contributed by atoms with Crippen LogP contribution in [-0.4, -0.2) is 59.3 Å². The number of ketones is 1. The van der Waals surface area contributed by atoms with Crippen molar-refractivity contribution in [1.82, 2.24) is 10.0 Å². The number of hydrazine groups is 1. The molecular formula is C33H34N2O8. The van der Waals surface area contributed by atoms with Crippen LogP contribution in [0.25, 0.3) is 5.57 Å². The molecule has 1 fully saturated rings. The molecule has 43 heavy (non-hydrogen) atoms. The fourth-order valence-corrected chi connectivity index (χ4v) is 4.92. The molecular weight excluding hydrogens is 552 g/mol. The fraction of sp³-hybridized carbons (Fsp3) is 0.273. The lowest BCUT2D eigenvalue weighted by Crippen LogP contribution is -2.63. The number of hydrogen-bond donors (Lipinski definition) is 0. The van der Waals surface area contributed by atoms with Crippen LogP contribution in [0.15, 0.2) is 91.5 Å². The number of benzene rings is 3. The second-order valence-electron chi connectivity index (χ2n) is 9.85. The quantitative estimate of drug-likeness (QED) is 0.172. The molecule has 1 saturated heterocycles. The van der Waals surface area contributed by atoms with Gasteiger partial charge < -0.3 is 18.9 Å². The number of amides is 2. The summed E-state index contributed by atoms with van der Waals surface area (Å²) >= 11 is 0. The first kappa shape index (κ1) is 30.8. The summed E-state index contributed by atoms with van der Waals surface area (Å²) in [6, 6.07) is 23.6. The van der Waals surface area contributed by atoms with E-state index in [0.717, 1.165) is 10.0 Å². The Kier molecular flexibility index (Phi) is 9.82. The van der Waals surface area contributed by atoms with Gasteiger partial charge in [0.15, 0.2) is 5.78 Å². The molecule has 4 rings (SSSR count). The fourth-order valence-electron chi connectivity index (χ4n) is 4.92. The topological polar surface area (TPSA) is 112 Å². The molecule has 0 bridgehead atoms. The summed E-state index contributed by atoms with van der Waals surface area (Å²) in [5, 5.41) is 1.68. The lowest BCUT2D eigenvalue weighted by atomic mass is 9.85. The molecule has 3 aromatic rings. The van der Waals surface area contributed by atoms with E-state index in [1.54, 1.807) is 79.7 Å². The van der Waals surface area contributed by atoms with Gasteiger partial charge in [-0.1, -0.05) is 79.4 Å². The standard InChI is InChI=1S/C33H34N2O8/c1-5-41-30(37)33(24(3)36)20-29(23(2)27-16-18-28(40-4)19-17-27)34(31(38)42-21-25-12-8-6-9-13-25)35(33)32(39)43-22-26-14-10-7-11-15-26/h6-19,29H,2,5,20-22H2,1,3-4H3/t29-,33-/m1/s1. The first-order valence-electron chi connectivity index (χ1n) is 13.7. The van der Waals surface area contributed by atoms with Crippen molar-refractivity contribution in [2.24, 2.45) is 0 Å². The van der Waals surface area contributed by atoms with Crippen molar-refractivity contribution in [2.45, 2.75) is 45.1 Å². The minimum atomic E-state index is -2.23. The molecule has 0 aromatic heterocycles. The molecule has 10 heteroatoms. The number of esters is 1. The first-order chi connectivity index (χ1) is 20.7. The van der Waals surface area contributed by atoms with Gasteiger partial charge in [-0.25, -0.2) is 19.4 Å². The number of nitrogens with zero attached hydrogens (tertiary/aromatic N) is 2. The van der Waals surface area contributed by atoms with E-state index in [1.165, 1.54) is 14.0 Å². The molecule has 1 aliphatic rings. The Morgan fingerprint density at radius 3 is 1.84 bits per heavy atom. The van der Waals surface area contributed by atoms with E-state index in [9.17, 15) is 19.2 Å². The Morgan fingerprint density at radius 1 is 0.814 bits per heavy atom. The Bertz CT molecular complexity index is 1460. The number of hydrogen-bond acceptors (Lipinski definition) is 8. The Morgan fingerprint density at radius 2 is 1.35 bits per heavy atom. The summed E-state index contributed by atoms with van der Waals surface area (Å²) in [5.74, 6) is -1.11. The molecule has 0 unspecified atom stereocenters. The predicted octanol–water partition coefficient (Wildman–Crippen LogP) is 5.56. The highest BCUT2D eigenvalue weighted by molar-refractivity contribution is 6.11. The molecule has 1 heterocycles. The number of carbonyl (C=O) groups excluding carboxylic acids is 4. The second-order valence-corrected chi connectivity index (χ2v) is 9.85. The highest BCUT2D eigenvalue weighted by Crippen LogP contribution is 2.42. The van der Waals surface area contributed by atoms with E-state index in [-0.39, 0.29) is 26.2 Å². The molecule has 0 spiro atoms. The van der Waals surface area contributed by atoms with Crippen molar-refractivity contribution < 1.29 is 38.1 Å². The van der Waals surface area contributed by atoms with Crippen molar-refractivity contribution in [1.29, 1.82) is 0 Å². The van der Waals surface area contributed by atoms with Gasteiger partial charge in [-0.3, -0.25) is 4.79 Å². The zero-order valence-electron chi connectivity index (χ0n) is 24.4. The van der Waals surface area contributed by atoms with Crippen LogP contribution in [0.2, 0.25) is 0 Å². The highest BCUT2D eigenvalue weighted by Gasteiger charge is 2.65. The van der Waals surface area contributed by atoms with Crippen molar-refractivity contribution in [3.05, 3.63) is 108 Å². The summed E-state index contributed by atoms with van der Waals surface area (Å²) in [5.41, 5.74) is 0.0781. The monoisotopic (exact) mass is 586 g/mol. The van der Waals surface area contributed by atoms with E-state index < -0.39 is 35.5 Å². The van der Waals surface area contributed by atoms with Crippen LogP contribution < -0.4 is 4.74 Å². The minimum absolute atomic E-state index is 0.0662. The number of ether oxygens (including phenoxy) is 4. The molecule has 2 atom stereocenters. The van der Waals surface area contributed by atoms with Crippen LogP contribution in [0, 0.1) is 0 Å². The smallest absolute Gasteiger partial charge is 0.430 e. The van der Waals surface area contributed by atoms with E-state index in [4.69, 9.17) is 18.9 Å². The lowest BCUT2D eigenvalue weighted by molar-refractivity contribution is -0.165. The third-order valence-corrected chi connectivity index (χ3v) is 7.19. The predicted molar refractivity (Wildman–Crippen MR) is 157 cm³/mol. The molecule has 10 nitrogen and oxygen atoms in total. The molecule has 0 aliphatic carbocycles. The van der Waals surface area contributed by atoms with Gasteiger partial charge in [0.25, 0.3) is 0 Å². The van der Waals surface area contributed by atoms with Gasteiger partial charge in [-0.2, -0.15) is 5.01 Å². The van der Waals surface area contributed by atoms with E-state index in [2.05, 4.69) is 6.58 Å². The highest BCUT2D eigenvalue weighted by atomic mass is 16.6. The third kappa shape index (κ3) is 6.53. The molecule has 0 saturated carbocycles. The maximum absolute atomic E-state index is 13.9. The van der Waals surface area contributed by atoms with Gasteiger partial charge >= 0.3 is 18.2 Å². The number of carbonyl (C=O) groups is 4. The van der Waals surface area contributed by atoms with Gasteiger partial charge in [0.1, 0.15) is 19.0 Å². The molecule has 0 N–H and O–H groups in total. The summed E-state index contributed by atoms with van der Waals surface area (Å²) in [6.07, 6.45) is -2.41. The number of Topliss-reactive ketones (excluding diaryl/α,β-unsaturated/α-hetero) is 1. The van der Waals surface area contributed by atoms with Crippen LogP contribution in [0.4, 0.5) is 9.59 Å². The number of methoxy groups -OCH3 is 1. The van der Waals surface area contributed by atoms with Crippen molar-refractivity contribution in [2.75, 3.05) is 13.7 Å². The average Bonchev–Trinajstić information content (AvgIpc) is 3.41. The summed E-state index contributed by atoms with van der Waals surface area (Å²) in [4.78, 5) is 54.8. The van der Waals surface area contributed by atoms with E-state index in [0.29, 0.717) is 28.0 Å². The lowest BCUT2D eigenvalue weighted by Gasteiger charge is -2.37. The SMILES string of the molecule is C=C(c1ccc(OC)cc1)[C@H]1C[C@@](C(C)=O)(C(=O)OCC)N(C(=O)OCc2ccccc2)N1C(=O)OCc1ccccc1. The van der Waals surface area contributed by atoms with Crippen LogP contribution in [-0.2, 0) is 37.0 Å². The number of rotatable bonds is 10. The van der Waals surface area contributed by atoms with Crippen molar-refractivity contribution in [3.8, 4) is 5.75 Å². The summed E-state index contributed by atoms with van der Waals surface area (Å²) in [7, 11) is 1.53. The molecule has 224 valence electrons. The van der Waals surface area contributed by atoms with Crippen molar-refractivity contribution >= 4 is 29.5 Å². The maximum atomic E-state index is 13.9. The zero-order chi connectivity index (χ0) is 31.0. The molecule has 0 radical (unpaired) electrons. The Balaban J connectivity index is 1.79. The minimum Gasteiger partial charge on any atom is -0.497 e. The third-order valence-electron chi connectivity index (χ3n) is 7.19.